The van der Waals surface area contributed by atoms with Crippen LogP contribution in [-0.2, 0) is 22.6 Å². The van der Waals surface area contributed by atoms with Gasteiger partial charge >= 0.3 is 5.97 Å². The summed E-state index contributed by atoms with van der Waals surface area (Å²) in [4.78, 5) is 27.3. The van der Waals surface area contributed by atoms with Crippen molar-refractivity contribution in [3.05, 3.63) is 122 Å². The van der Waals surface area contributed by atoms with Crippen LogP contribution in [0.4, 0.5) is 4.39 Å². The molecule has 0 fully saturated rings. The maximum atomic E-state index is 13.6. The first-order chi connectivity index (χ1) is 20.7. The molecule has 1 atom stereocenters. The molecule has 0 spiro atoms. The van der Waals surface area contributed by atoms with Gasteiger partial charge in [0.05, 0.1) is 5.92 Å². The second-order valence-electron chi connectivity index (χ2n) is 10.8. The van der Waals surface area contributed by atoms with Crippen LogP contribution in [0.15, 0.2) is 88.1 Å². The monoisotopic (exact) mass is 600 g/mol. The second kappa shape index (κ2) is 13.2. The molecule has 43 heavy (non-hydrogen) atoms. The standard InChI is InChI=1S/C33H33FN4O4S/c1-19(2)17-25-28(31(35)39)30(26-15-16-27(43-26)33(40)41-18-22-7-5-4-6-8-22)29(32-38-37-20(3)42-32)24(36-25)14-11-21-9-12-23(34)13-10-21/h4-10,12-13,15-16,19,30,36H,11,14,17-18H2,1-3H3,(H2,35,39). The van der Waals surface area contributed by atoms with E-state index in [1.807, 2.05) is 36.4 Å². The third-order valence-corrected chi connectivity index (χ3v) is 8.20. The Balaban J connectivity index is 1.56. The molecule has 1 unspecified atom stereocenters. The summed E-state index contributed by atoms with van der Waals surface area (Å²) in [6.45, 7) is 5.97. The van der Waals surface area contributed by atoms with E-state index in [-0.39, 0.29) is 24.2 Å². The number of esters is 1. The van der Waals surface area contributed by atoms with Gasteiger partial charge in [-0.1, -0.05) is 56.3 Å². The summed E-state index contributed by atoms with van der Waals surface area (Å²) >= 11 is 1.24. The summed E-state index contributed by atoms with van der Waals surface area (Å²) in [5, 5.41) is 11.9. The number of benzene rings is 2. The van der Waals surface area contributed by atoms with Crippen molar-refractivity contribution >= 4 is 28.8 Å². The quantitative estimate of drug-likeness (QED) is 0.190. The molecule has 0 saturated heterocycles. The van der Waals surface area contributed by atoms with Crippen LogP contribution in [0, 0.1) is 18.7 Å². The number of hydrogen-bond donors (Lipinski definition) is 2. The molecule has 2 aromatic carbocycles. The highest BCUT2D eigenvalue weighted by atomic mass is 32.1. The van der Waals surface area contributed by atoms with Crippen LogP contribution in [0.25, 0.3) is 5.57 Å². The molecule has 4 aromatic rings. The Morgan fingerprint density at radius 1 is 1.00 bits per heavy atom. The Morgan fingerprint density at radius 2 is 1.74 bits per heavy atom. The van der Waals surface area contributed by atoms with Crippen LogP contribution in [-0.4, -0.2) is 22.1 Å². The molecule has 0 radical (unpaired) electrons. The molecular weight excluding hydrogens is 567 g/mol. The van der Waals surface area contributed by atoms with Crippen molar-refractivity contribution < 1.29 is 23.1 Å². The van der Waals surface area contributed by atoms with Crippen LogP contribution in [0.1, 0.15) is 70.1 Å². The minimum absolute atomic E-state index is 0.144. The van der Waals surface area contributed by atoms with Gasteiger partial charge in [0, 0.05) is 34.3 Å². The minimum atomic E-state index is -0.656. The number of allylic oxidation sites excluding steroid dienone is 3. The van der Waals surface area contributed by atoms with Crippen molar-refractivity contribution in [3.8, 4) is 0 Å². The van der Waals surface area contributed by atoms with E-state index in [0.29, 0.717) is 51.8 Å². The first-order valence-electron chi connectivity index (χ1n) is 14.1. The fourth-order valence-corrected chi connectivity index (χ4v) is 6.16. The molecule has 10 heteroatoms. The van der Waals surface area contributed by atoms with Gasteiger partial charge in [0.1, 0.15) is 17.3 Å². The zero-order chi connectivity index (χ0) is 30.5. The molecule has 1 amide bonds. The van der Waals surface area contributed by atoms with Crippen LogP contribution in [0.2, 0.25) is 0 Å². The Morgan fingerprint density at radius 3 is 2.40 bits per heavy atom. The predicted octanol–water partition coefficient (Wildman–Crippen LogP) is 6.45. The van der Waals surface area contributed by atoms with E-state index in [0.717, 1.165) is 16.8 Å². The molecule has 3 N–H and O–H groups in total. The number of aryl methyl sites for hydroxylation is 2. The molecule has 8 nitrogen and oxygen atoms in total. The number of dihydropyridines is 1. The van der Waals surface area contributed by atoms with E-state index >= 15 is 0 Å². The highest BCUT2D eigenvalue weighted by Crippen LogP contribution is 2.46. The van der Waals surface area contributed by atoms with Crippen molar-refractivity contribution in [2.24, 2.45) is 11.7 Å². The second-order valence-corrected chi connectivity index (χ2v) is 11.9. The predicted molar refractivity (Wildman–Crippen MR) is 162 cm³/mol. The van der Waals surface area contributed by atoms with Crippen LogP contribution in [0.3, 0.4) is 0 Å². The van der Waals surface area contributed by atoms with Crippen molar-refractivity contribution in [1.29, 1.82) is 0 Å². The number of nitrogens with two attached hydrogens (primary N) is 1. The SMILES string of the molecule is Cc1nnc(C2=C(CCc3ccc(F)cc3)NC(CC(C)C)=C(C(N)=O)C2c2ccc(C(=O)OCc3ccccc3)s2)o1. The van der Waals surface area contributed by atoms with Gasteiger partial charge in [-0.2, -0.15) is 0 Å². The van der Waals surface area contributed by atoms with E-state index in [9.17, 15) is 14.0 Å². The highest BCUT2D eigenvalue weighted by Gasteiger charge is 2.38. The highest BCUT2D eigenvalue weighted by molar-refractivity contribution is 7.14. The molecule has 0 aliphatic carbocycles. The number of rotatable bonds is 11. The number of carbonyl (C=O) groups excluding carboxylic acids is 2. The molecule has 1 aliphatic rings. The number of primary amides is 1. The van der Waals surface area contributed by atoms with Crippen molar-refractivity contribution in [1.82, 2.24) is 15.5 Å². The lowest BCUT2D eigenvalue weighted by Crippen LogP contribution is -2.33. The van der Waals surface area contributed by atoms with Gasteiger partial charge in [-0.25, -0.2) is 9.18 Å². The number of aromatic nitrogens is 2. The average molecular weight is 601 g/mol. The van der Waals surface area contributed by atoms with Gasteiger partial charge in [0.2, 0.25) is 17.7 Å². The molecule has 3 heterocycles. The van der Waals surface area contributed by atoms with Crippen molar-refractivity contribution in [3.63, 3.8) is 0 Å². The molecular formula is C33H33FN4O4S. The Kier molecular flexibility index (Phi) is 9.16. The fraction of sp³-hybridized carbons (Fsp3) is 0.273. The number of ether oxygens (including phenoxy) is 1. The number of carbonyl (C=O) groups is 2. The van der Waals surface area contributed by atoms with E-state index in [1.165, 1.54) is 23.5 Å². The third-order valence-electron chi connectivity index (χ3n) is 7.07. The van der Waals surface area contributed by atoms with Gasteiger partial charge in [0.15, 0.2) is 0 Å². The van der Waals surface area contributed by atoms with Crippen molar-refractivity contribution in [2.75, 3.05) is 0 Å². The lowest BCUT2D eigenvalue weighted by molar-refractivity contribution is -0.114. The van der Waals surface area contributed by atoms with Crippen LogP contribution in [0.5, 0.6) is 0 Å². The Labute approximate surface area is 253 Å². The maximum absolute atomic E-state index is 13.6. The van der Waals surface area contributed by atoms with E-state index in [4.69, 9.17) is 14.9 Å². The molecule has 1 aliphatic heterocycles. The van der Waals surface area contributed by atoms with Gasteiger partial charge in [-0.3, -0.25) is 4.79 Å². The molecule has 0 saturated carbocycles. The minimum Gasteiger partial charge on any atom is -0.457 e. The number of hydrogen-bond acceptors (Lipinski definition) is 8. The number of nitrogens with zero attached hydrogens (tertiary/aromatic N) is 2. The first-order valence-corrected chi connectivity index (χ1v) is 14.9. The van der Waals surface area contributed by atoms with E-state index in [1.54, 1.807) is 25.1 Å². The fourth-order valence-electron chi connectivity index (χ4n) is 5.14. The van der Waals surface area contributed by atoms with Gasteiger partial charge < -0.3 is 20.2 Å². The normalized spacial score (nSPS) is 15.1. The number of nitrogens with one attached hydrogen (secondary N) is 1. The summed E-state index contributed by atoms with van der Waals surface area (Å²) in [7, 11) is 0. The molecule has 0 bridgehead atoms. The lowest BCUT2D eigenvalue weighted by Gasteiger charge is -2.32. The van der Waals surface area contributed by atoms with Gasteiger partial charge in [-0.15, -0.1) is 21.5 Å². The lowest BCUT2D eigenvalue weighted by atomic mass is 9.81. The molecule has 2 aromatic heterocycles. The average Bonchev–Trinajstić information content (AvgIpc) is 3.65. The van der Waals surface area contributed by atoms with E-state index < -0.39 is 17.8 Å². The topological polar surface area (TPSA) is 120 Å². The smallest absolute Gasteiger partial charge is 0.348 e. The zero-order valence-electron chi connectivity index (χ0n) is 24.2. The summed E-state index contributed by atoms with van der Waals surface area (Å²) in [5.74, 6) is -1.16. The number of halogens is 1. The van der Waals surface area contributed by atoms with Gasteiger partial charge in [-0.05, 0) is 60.6 Å². The van der Waals surface area contributed by atoms with Crippen LogP contribution < -0.4 is 11.1 Å². The summed E-state index contributed by atoms with van der Waals surface area (Å²) in [6.07, 6.45) is 1.68. The number of thiophene rings is 1. The molecule has 222 valence electrons. The Hall–Kier alpha value is -4.57. The first kappa shape index (κ1) is 29.9. The van der Waals surface area contributed by atoms with E-state index in [2.05, 4.69) is 29.4 Å². The zero-order valence-corrected chi connectivity index (χ0v) is 25.0. The summed E-state index contributed by atoms with van der Waals surface area (Å²) in [5.41, 5.74) is 10.4. The Bertz CT molecular complexity index is 1670. The van der Waals surface area contributed by atoms with Crippen LogP contribution >= 0.6 is 11.3 Å². The number of amides is 1. The summed E-state index contributed by atoms with van der Waals surface area (Å²) < 4.78 is 25.1. The summed E-state index contributed by atoms with van der Waals surface area (Å²) in [6, 6.07) is 19.3. The largest absolute Gasteiger partial charge is 0.457 e. The molecule has 5 rings (SSSR count). The third kappa shape index (κ3) is 7.09. The van der Waals surface area contributed by atoms with Crippen molar-refractivity contribution in [2.45, 2.75) is 52.6 Å². The maximum Gasteiger partial charge on any atom is 0.348 e. The van der Waals surface area contributed by atoms with Gasteiger partial charge in [0.25, 0.3) is 0 Å².